The Morgan fingerprint density at radius 2 is 2.40 bits per heavy atom. The minimum atomic E-state index is -3.59. The highest BCUT2D eigenvalue weighted by Gasteiger charge is 2.13. The lowest BCUT2D eigenvalue weighted by Crippen LogP contribution is -2.30. The number of nitrogens with one attached hydrogen (secondary N) is 1. The lowest BCUT2D eigenvalue weighted by Gasteiger charge is -2.09. The van der Waals surface area contributed by atoms with Crippen LogP contribution in [0.15, 0.2) is 16.8 Å². The number of aliphatic hydroxyl groups excluding tert-OH is 1. The van der Waals surface area contributed by atoms with Crippen LogP contribution >= 0.6 is 11.3 Å². The Balaban J connectivity index is 2.48. The van der Waals surface area contributed by atoms with Crippen LogP contribution in [-0.2, 0) is 10.0 Å². The van der Waals surface area contributed by atoms with Gasteiger partial charge in [-0.1, -0.05) is 0 Å². The average Bonchev–Trinajstić information content (AvgIpc) is 2.67. The highest BCUT2D eigenvalue weighted by molar-refractivity contribution is 7.89. The lowest BCUT2D eigenvalue weighted by molar-refractivity contribution is 0.182. The number of sulfonamides is 1. The van der Waals surface area contributed by atoms with Gasteiger partial charge in [0.1, 0.15) is 0 Å². The first kappa shape index (κ1) is 12.1. The van der Waals surface area contributed by atoms with E-state index in [0.29, 0.717) is 5.56 Å². The number of hydrogen-bond acceptors (Lipinski definition) is 5. The molecule has 7 heteroatoms. The van der Waals surface area contributed by atoms with Crippen molar-refractivity contribution < 1.29 is 13.5 Å². The largest absolute Gasteiger partial charge is 0.387 e. The fraction of sp³-hybridized carbons (Fsp3) is 0.375. The van der Waals surface area contributed by atoms with Crippen molar-refractivity contribution in [3.05, 3.63) is 22.4 Å². The smallest absolute Gasteiger partial charge is 0.225 e. The standard InChI is InChI=1S/C8H10N2O3S2/c9-2-4-15(12,13)10-5-8(11)7-1-3-14-6-7/h1,3,6,8,10-11H,4-5H2. The molecule has 2 N–H and O–H groups in total. The summed E-state index contributed by atoms with van der Waals surface area (Å²) in [7, 11) is -3.59. The second-order valence-corrected chi connectivity index (χ2v) is 5.43. The Labute approximate surface area is 92.0 Å². The van der Waals surface area contributed by atoms with Crippen molar-refractivity contribution in [2.45, 2.75) is 6.10 Å². The average molecular weight is 246 g/mol. The van der Waals surface area contributed by atoms with Crippen LogP contribution in [0.25, 0.3) is 0 Å². The van der Waals surface area contributed by atoms with Gasteiger partial charge in [0.05, 0.1) is 12.2 Å². The van der Waals surface area contributed by atoms with Crippen molar-refractivity contribution in [3.8, 4) is 6.07 Å². The second-order valence-electron chi connectivity index (χ2n) is 2.84. The van der Waals surface area contributed by atoms with Crippen LogP contribution in [0.5, 0.6) is 0 Å². The van der Waals surface area contributed by atoms with Gasteiger partial charge in [0.25, 0.3) is 0 Å². The molecule has 0 amide bonds. The maximum absolute atomic E-state index is 11.1. The zero-order chi connectivity index (χ0) is 11.3. The molecule has 0 aromatic carbocycles. The minimum Gasteiger partial charge on any atom is -0.387 e. The SMILES string of the molecule is N#CCS(=O)(=O)NCC(O)c1ccsc1. The van der Waals surface area contributed by atoms with Gasteiger partial charge in [0.2, 0.25) is 10.0 Å². The lowest BCUT2D eigenvalue weighted by atomic mass is 10.2. The molecule has 0 aliphatic carbocycles. The van der Waals surface area contributed by atoms with Crippen LogP contribution in [-0.4, -0.2) is 25.8 Å². The third-order valence-electron chi connectivity index (χ3n) is 1.68. The third-order valence-corrected chi connectivity index (χ3v) is 3.50. The van der Waals surface area contributed by atoms with E-state index in [-0.39, 0.29) is 6.54 Å². The molecule has 0 aliphatic heterocycles. The van der Waals surface area contributed by atoms with Crippen molar-refractivity contribution in [2.24, 2.45) is 0 Å². The monoisotopic (exact) mass is 246 g/mol. The van der Waals surface area contributed by atoms with E-state index in [1.54, 1.807) is 16.8 Å². The van der Waals surface area contributed by atoms with Crippen molar-refractivity contribution in [1.82, 2.24) is 4.72 Å². The summed E-state index contributed by atoms with van der Waals surface area (Å²) in [5, 5.41) is 21.3. The molecule has 5 nitrogen and oxygen atoms in total. The number of hydrogen-bond donors (Lipinski definition) is 2. The molecule has 1 heterocycles. The Bertz CT molecular complexity index is 433. The normalized spacial score (nSPS) is 13.3. The van der Waals surface area contributed by atoms with Gasteiger partial charge in [0, 0.05) is 6.54 Å². The zero-order valence-corrected chi connectivity index (χ0v) is 9.38. The molecular weight excluding hydrogens is 236 g/mol. The van der Waals surface area contributed by atoms with Gasteiger partial charge in [-0.3, -0.25) is 0 Å². The summed E-state index contributed by atoms with van der Waals surface area (Å²) >= 11 is 1.42. The topological polar surface area (TPSA) is 90.2 Å². The summed E-state index contributed by atoms with van der Waals surface area (Å²) in [5.41, 5.74) is 0.666. The van der Waals surface area contributed by atoms with Gasteiger partial charge in [-0.2, -0.15) is 16.6 Å². The van der Waals surface area contributed by atoms with Crippen LogP contribution in [0.2, 0.25) is 0 Å². The second kappa shape index (κ2) is 5.23. The number of nitrogens with zero attached hydrogens (tertiary/aromatic N) is 1. The van der Waals surface area contributed by atoms with Gasteiger partial charge in [-0.25, -0.2) is 13.1 Å². The summed E-state index contributed by atoms with van der Waals surface area (Å²) in [4.78, 5) is 0. The highest BCUT2D eigenvalue weighted by atomic mass is 32.2. The third kappa shape index (κ3) is 3.97. The quantitative estimate of drug-likeness (QED) is 0.778. The van der Waals surface area contributed by atoms with Crippen LogP contribution in [0, 0.1) is 11.3 Å². The van der Waals surface area contributed by atoms with E-state index in [9.17, 15) is 13.5 Å². The summed E-state index contributed by atoms with van der Waals surface area (Å²) in [5.74, 6) is -0.594. The Morgan fingerprint density at radius 3 is 2.93 bits per heavy atom. The Kier molecular flexibility index (Phi) is 4.23. The number of aliphatic hydroxyl groups is 1. The molecular formula is C8H10N2O3S2. The molecule has 1 aromatic rings. The van der Waals surface area contributed by atoms with E-state index >= 15 is 0 Å². The van der Waals surface area contributed by atoms with Gasteiger partial charge in [-0.15, -0.1) is 0 Å². The molecule has 1 aromatic heterocycles. The maximum Gasteiger partial charge on any atom is 0.225 e. The molecule has 0 radical (unpaired) electrons. The fourth-order valence-electron chi connectivity index (χ4n) is 0.924. The molecule has 0 saturated heterocycles. The summed E-state index contributed by atoms with van der Waals surface area (Å²) in [6.07, 6.45) is -0.871. The molecule has 15 heavy (non-hydrogen) atoms. The summed E-state index contributed by atoms with van der Waals surface area (Å²) < 4.78 is 24.3. The highest BCUT2D eigenvalue weighted by Crippen LogP contribution is 2.15. The molecule has 82 valence electrons. The Morgan fingerprint density at radius 1 is 1.67 bits per heavy atom. The van der Waals surface area contributed by atoms with E-state index in [1.807, 2.05) is 0 Å². The van der Waals surface area contributed by atoms with Gasteiger partial charge in [-0.05, 0) is 22.4 Å². The van der Waals surface area contributed by atoms with E-state index in [4.69, 9.17) is 5.26 Å². The minimum absolute atomic E-state index is 0.110. The van der Waals surface area contributed by atoms with Crippen molar-refractivity contribution in [1.29, 1.82) is 5.26 Å². The first-order valence-electron chi connectivity index (χ1n) is 4.09. The van der Waals surface area contributed by atoms with E-state index in [2.05, 4.69) is 4.72 Å². The van der Waals surface area contributed by atoms with E-state index < -0.39 is 21.9 Å². The zero-order valence-electron chi connectivity index (χ0n) is 7.75. The molecule has 0 spiro atoms. The predicted molar refractivity (Wildman–Crippen MR) is 56.7 cm³/mol. The van der Waals surface area contributed by atoms with Gasteiger partial charge in [0.15, 0.2) is 5.75 Å². The molecule has 0 bridgehead atoms. The van der Waals surface area contributed by atoms with Gasteiger partial charge >= 0.3 is 0 Å². The van der Waals surface area contributed by atoms with E-state index in [1.165, 1.54) is 17.4 Å². The van der Waals surface area contributed by atoms with Gasteiger partial charge < -0.3 is 5.11 Å². The number of thiophene rings is 1. The first-order chi connectivity index (χ1) is 7.05. The number of rotatable bonds is 5. The number of nitriles is 1. The van der Waals surface area contributed by atoms with Crippen LogP contribution < -0.4 is 4.72 Å². The van der Waals surface area contributed by atoms with Crippen LogP contribution in [0.1, 0.15) is 11.7 Å². The molecule has 1 unspecified atom stereocenters. The fourth-order valence-corrected chi connectivity index (χ4v) is 2.32. The molecule has 0 saturated carbocycles. The molecule has 0 aliphatic rings. The van der Waals surface area contributed by atoms with Crippen LogP contribution in [0.3, 0.4) is 0 Å². The summed E-state index contributed by atoms with van der Waals surface area (Å²) in [6.45, 7) is -0.110. The Hall–Kier alpha value is -0.940. The molecule has 1 rings (SSSR count). The maximum atomic E-state index is 11.1. The van der Waals surface area contributed by atoms with E-state index in [0.717, 1.165) is 0 Å². The summed E-state index contributed by atoms with van der Waals surface area (Å²) in [6, 6.07) is 3.25. The predicted octanol–water partition coefficient (Wildman–Crippen LogP) is 0.224. The first-order valence-corrected chi connectivity index (χ1v) is 6.69. The van der Waals surface area contributed by atoms with Crippen molar-refractivity contribution in [2.75, 3.05) is 12.3 Å². The van der Waals surface area contributed by atoms with Crippen molar-refractivity contribution in [3.63, 3.8) is 0 Å². The van der Waals surface area contributed by atoms with Crippen LogP contribution in [0.4, 0.5) is 0 Å². The van der Waals surface area contributed by atoms with Crippen molar-refractivity contribution >= 4 is 21.4 Å². The molecule has 1 atom stereocenters. The molecule has 0 fully saturated rings.